The summed E-state index contributed by atoms with van der Waals surface area (Å²) in [7, 11) is 0. The van der Waals surface area contributed by atoms with Crippen LogP contribution in [0.5, 0.6) is 0 Å². The van der Waals surface area contributed by atoms with Crippen LogP contribution < -0.4 is 10.2 Å². The second-order valence-electron chi connectivity index (χ2n) is 7.33. The van der Waals surface area contributed by atoms with Crippen molar-refractivity contribution in [1.29, 1.82) is 0 Å². The van der Waals surface area contributed by atoms with Crippen LogP contribution in [0.15, 0.2) is 18.3 Å². The molecule has 0 spiro atoms. The summed E-state index contributed by atoms with van der Waals surface area (Å²) in [4.78, 5) is 48.2. The fraction of sp³-hybridized carbons (Fsp3) is 0.600. The van der Waals surface area contributed by atoms with Crippen LogP contribution in [0.3, 0.4) is 0 Å². The Morgan fingerprint density at radius 1 is 0.966 bits per heavy atom. The SMILES string of the molecule is CCN1CCN(c2ccc(CNC(=O)CN3CCN(CC)C(=O)C3=O)cn2)CC1. The molecule has 2 fully saturated rings. The molecule has 1 aromatic heterocycles. The van der Waals surface area contributed by atoms with E-state index in [1.54, 1.807) is 6.20 Å². The Bertz CT molecular complexity index is 730. The lowest BCUT2D eigenvalue weighted by Crippen LogP contribution is -2.56. The lowest BCUT2D eigenvalue weighted by molar-refractivity contribution is -0.156. The lowest BCUT2D eigenvalue weighted by Gasteiger charge is -2.34. The molecule has 29 heavy (non-hydrogen) atoms. The summed E-state index contributed by atoms with van der Waals surface area (Å²) in [5, 5.41) is 2.80. The number of nitrogens with zero attached hydrogens (tertiary/aromatic N) is 5. The number of hydrogen-bond donors (Lipinski definition) is 1. The summed E-state index contributed by atoms with van der Waals surface area (Å²) < 4.78 is 0. The van der Waals surface area contributed by atoms with Crippen LogP contribution in [0, 0.1) is 0 Å². The fourth-order valence-electron chi connectivity index (χ4n) is 3.60. The van der Waals surface area contributed by atoms with Crippen LogP contribution in [0.1, 0.15) is 19.4 Å². The maximum absolute atomic E-state index is 12.2. The third-order valence-corrected chi connectivity index (χ3v) is 5.56. The van der Waals surface area contributed by atoms with E-state index in [1.807, 2.05) is 19.1 Å². The average molecular weight is 402 g/mol. The zero-order valence-corrected chi connectivity index (χ0v) is 17.3. The number of anilines is 1. The van der Waals surface area contributed by atoms with Gasteiger partial charge in [0.2, 0.25) is 5.91 Å². The lowest BCUT2D eigenvalue weighted by atomic mass is 10.2. The first-order chi connectivity index (χ1) is 14.0. The van der Waals surface area contributed by atoms with Crippen molar-refractivity contribution < 1.29 is 14.4 Å². The van der Waals surface area contributed by atoms with Crippen molar-refractivity contribution in [3.05, 3.63) is 23.9 Å². The first-order valence-electron chi connectivity index (χ1n) is 10.3. The predicted molar refractivity (Wildman–Crippen MR) is 109 cm³/mol. The van der Waals surface area contributed by atoms with Gasteiger partial charge in [0, 0.05) is 58.6 Å². The summed E-state index contributed by atoms with van der Waals surface area (Å²) in [6.45, 7) is 10.7. The molecule has 158 valence electrons. The zero-order valence-electron chi connectivity index (χ0n) is 17.3. The number of piperazine rings is 2. The van der Waals surface area contributed by atoms with E-state index in [2.05, 4.69) is 27.0 Å². The predicted octanol–water partition coefficient (Wildman–Crippen LogP) is -0.470. The van der Waals surface area contributed by atoms with Gasteiger partial charge >= 0.3 is 11.8 Å². The van der Waals surface area contributed by atoms with Gasteiger partial charge in [-0.2, -0.15) is 0 Å². The molecule has 9 heteroatoms. The highest BCUT2D eigenvalue weighted by molar-refractivity contribution is 6.35. The average Bonchev–Trinajstić information content (AvgIpc) is 2.76. The summed E-state index contributed by atoms with van der Waals surface area (Å²) in [5.74, 6) is -0.474. The van der Waals surface area contributed by atoms with Crippen LogP contribution in [-0.2, 0) is 20.9 Å². The van der Waals surface area contributed by atoms with Gasteiger partial charge in [0.15, 0.2) is 0 Å². The first kappa shape index (κ1) is 21.0. The Labute approximate surface area is 171 Å². The summed E-state index contributed by atoms with van der Waals surface area (Å²) in [6, 6.07) is 3.94. The molecular formula is C20H30N6O3. The Balaban J connectivity index is 1.45. The highest BCUT2D eigenvalue weighted by Crippen LogP contribution is 2.14. The molecule has 0 aromatic carbocycles. The van der Waals surface area contributed by atoms with Gasteiger partial charge in [0.05, 0.1) is 0 Å². The third kappa shape index (κ3) is 5.23. The smallest absolute Gasteiger partial charge is 0.312 e. The number of carbonyl (C=O) groups is 3. The van der Waals surface area contributed by atoms with Crippen LogP contribution in [0.4, 0.5) is 5.82 Å². The minimum atomic E-state index is -0.609. The van der Waals surface area contributed by atoms with E-state index < -0.39 is 11.8 Å². The van der Waals surface area contributed by atoms with Crippen LogP contribution in [-0.4, -0.2) is 96.3 Å². The van der Waals surface area contributed by atoms with E-state index in [0.29, 0.717) is 26.2 Å². The van der Waals surface area contributed by atoms with Gasteiger partial charge in [-0.25, -0.2) is 4.98 Å². The maximum atomic E-state index is 12.2. The Morgan fingerprint density at radius 3 is 2.28 bits per heavy atom. The molecule has 2 aliphatic heterocycles. The van der Waals surface area contributed by atoms with E-state index >= 15 is 0 Å². The summed E-state index contributed by atoms with van der Waals surface area (Å²) in [5.41, 5.74) is 0.896. The molecule has 0 bridgehead atoms. The van der Waals surface area contributed by atoms with Gasteiger partial charge in [-0.1, -0.05) is 13.0 Å². The molecule has 3 rings (SSSR count). The number of carbonyl (C=O) groups excluding carboxylic acids is 3. The molecule has 1 N–H and O–H groups in total. The first-order valence-corrected chi connectivity index (χ1v) is 10.3. The molecule has 3 heterocycles. The number of pyridine rings is 1. The molecule has 3 amide bonds. The van der Waals surface area contributed by atoms with Gasteiger partial charge in [0.1, 0.15) is 12.4 Å². The normalized spacial score (nSPS) is 18.3. The van der Waals surface area contributed by atoms with Crippen molar-refractivity contribution >= 4 is 23.5 Å². The van der Waals surface area contributed by atoms with Crippen molar-refractivity contribution in [2.75, 3.05) is 63.8 Å². The van der Waals surface area contributed by atoms with Gasteiger partial charge in [-0.05, 0) is 25.1 Å². The van der Waals surface area contributed by atoms with E-state index in [0.717, 1.165) is 44.1 Å². The highest BCUT2D eigenvalue weighted by atomic mass is 16.2. The van der Waals surface area contributed by atoms with E-state index in [1.165, 1.54) is 9.80 Å². The van der Waals surface area contributed by atoms with Gasteiger partial charge in [-0.3, -0.25) is 14.4 Å². The number of rotatable bonds is 7. The second kappa shape index (κ2) is 9.69. The molecule has 0 radical (unpaired) electrons. The van der Waals surface area contributed by atoms with E-state index in [4.69, 9.17) is 0 Å². The number of likely N-dealkylation sites (N-methyl/N-ethyl adjacent to an activating group) is 2. The third-order valence-electron chi connectivity index (χ3n) is 5.56. The quantitative estimate of drug-likeness (QED) is 0.621. The molecule has 0 saturated carbocycles. The van der Waals surface area contributed by atoms with Gasteiger partial charge < -0.3 is 24.9 Å². The van der Waals surface area contributed by atoms with Crippen molar-refractivity contribution in [2.24, 2.45) is 0 Å². The van der Waals surface area contributed by atoms with Gasteiger partial charge in [0.25, 0.3) is 0 Å². The molecule has 0 aliphatic carbocycles. The minimum Gasteiger partial charge on any atom is -0.354 e. The van der Waals surface area contributed by atoms with Crippen molar-refractivity contribution in [2.45, 2.75) is 20.4 Å². The fourth-order valence-corrected chi connectivity index (χ4v) is 3.60. The standard InChI is InChI=1S/C20H30N6O3/c1-3-23-7-9-25(10-8-23)17-6-5-16(13-21-17)14-22-18(27)15-26-12-11-24(4-2)19(28)20(26)29/h5-6,13H,3-4,7-12,14-15H2,1-2H3,(H,22,27). The van der Waals surface area contributed by atoms with E-state index in [-0.39, 0.29) is 12.5 Å². The highest BCUT2D eigenvalue weighted by Gasteiger charge is 2.32. The molecule has 2 saturated heterocycles. The van der Waals surface area contributed by atoms with E-state index in [9.17, 15) is 14.4 Å². The number of amides is 3. The van der Waals surface area contributed by atoms with Crippen LogP contribution in [0.2, 0.25) is 0 Å². The largest absolute Gasteiger partial charge is 0.354 e. The molecule has 9 nitrogen and oxygen atoms in total. The number of nitrogens with one attached hydrogen (secondary N) is 1. The molecule has 0 atom stereocenters. The Hall–Kier alpha value is -2.68. The van der Waals surface area contributed by atoms with Crippen molar-refractivity contribution in [1.82, 2.24) is 25.0 Å². The summed E-state index contributed by atoms with van der Waals surface area (Å²) >= 11 is 0. The number of aromatic nitrogens is 1. The molecule has 1 aromatic rings. The Kier molecular flexibility index (Phi) is 7.03. The topological polar surface area (TPSA) is 89.1 Å². The zero-order chi connectivity index (χ0) is 20.8. The Morgan fingerprint density at radius 2 is 1.66 bits per heavy atom. The molecule has 0 unspecified atom stereocenters. The number of hydrogen-bond acceptors (Lipinski definition) is 6. The maximum Gasteiger partial charge on any atom is 0.312 e. The van der Waals surface area contributed by atoms with Crippen molar-refractivity contribution in [3.8, 4) is 0 Å². The van der Waals surface area contributed by atoms with Crippen LogP contribution >= 0.6 is 0 Å². The molecule has 2 aliphatic rings. The van der Waals surface area contributed by atoms with Gasteiger partial charge in [-0.15, -0.1) is 0 Å². The second-order valence-corrected chi connectivity index (χ2v) is 7.33. The molecular weight excluding hydrogens is 372 g/mol. The minimum absolute atomic E-state index is 0.102. The van der Waals surface area contributed by atoms with Crippen molar-refractivity contribution in [3.63, 3.8) is 0 Å². The monoisotopic (exact) mass is 402 g/mol. The van der Waals surface area contributed by atoms with Crippen LogP contribution in [0.25, 0.3) is 0 Å². The summed E-state index contributed by atoms with van der Waals surface area (Å²) in [6.07, 6.45) is 1.77.